The first-order valence-corrected chi connectivity index (χ1v) is 11.4. The molecule has 0 amide bonds. The smallest absolute Gasteiger partial charge is 0.226 e. The molecule has 3 aromatic carbocycles. The number of anilines is 1. The van der Waals surface area contributed by atoms with Gasteiger partial charge in [0.1, 0.15) is 24.1 Å². The summed E-state index contributed by atoms with van der Waals surface area (Å²) in [5.41, 5.74) is 3.69. The number of benzene rings is 3. The highest BCUT2D eigenvalue weighted by atomic mass is 35.5. The van der Waals surface area contributed by atoms with Crippen LogP contribution < -0.4 is 4.90 Å². The molecule has 0 saturated heterocycles. The van der Waals surface area contributed by atoms with Crippen molar-refractivity contribution in [3.63, 3.8) is 0 Å². The number of rotatable bonds is 5. The van der Waals surface area contributed by atoms with Crippen molar-refractivity contribution in [3.05, 3.63) is 89.4 Å². The quantitative estimate of drug-likeness (QED) is 0.316. The van der Waals surface area contributed by atoms with Crippen LogP contribution in [0.2, 0.25) is 5.02 Å². The van der Waals surface area contributed by atoms with Gasteiger partial charge in [0, 0.05) is 38.9 Å². The molecule has 0 aliphatic carbocycles. The van der Waals surface area contributed by atoms with Gasteiger partial charge in [-0.15, -0.1) is 11.8 Å². The molecule has 4 aromatic rings. The van der Waals surface area contributed by atoms with E-state index in [1.807, 2.05) is 53.4 Å². The van der Waals surface area contributed by atoms with Crippen LogP contribution in [0, 0.1) is 5.82 Å². The van der Waals surface area contributed by atoms with Crippen LogP contribution in [0.25, 0.3) is 22.7 Å². The summed E-state index contributed by atoms with van der Waals surface area (Å²) >= 11 is 7.87. The minimum atomic E-state index is -0.400. The Morgan fingerprint density at radius 2 is 1.97 bits per heavy atom. The van der Waals surface area contributed by atoms with E-state index in [0.717, 1.165) is 33.7 Å². The summed E-state index contributed by atoms with van der Waals surface area (Å²) in [5, 5.41) is 0.339. The Labute approximate surface area is 194 Å². The van der Waals surface area contributed by atoms with Gasteiger partial charge in [-0.2, -0.15) is 0 Å². The van der Waals surface area contributed by atoms with Crippen LogP contribution in [0.15, 0.2) is 82.3 Å². The highest BCUT2D eigenvalue weighted by Gasteiger charge is 2.29. The number of thioether (sulfide) groups is 1. The second-order valence-electron chi connectivity index (χ2n) is 7.43. The zero-order valence-corrected chi connectivity index (χ0v) is 18.4. The van der Waals surface area contributed by atoms with Crippen molar-refractivity contribution in [2.75, 3.05) is 10.7 Å². The molecule has 0 radical (unpaired) electrons. The lowest BCUT2D eigenvalue weighted by atomic mass is 10.1. The molecule has 0 spiro atoms. The summed E-state index contributed by atoms with van der Waals surface area (Å²) in [6.07, 6.45) is 2.53. The normalized spacial score (nSPS) is 15.4. The Hall–Kier alpha value is -3.09. The summed E-state index contributed by atoms with van der Waals surface area (Å²) < 4.78 is 20.2. The summed E-state index contributed by atoms with van der Waals surface area (Å²) in [6, 6.07) is 19.9. The van der Waals surface area contributed by atoms with Crippen LogP contribution in [0.3, 0.4) is 0 Å². The van der Waals surface area contributed by atoms with Gasteiger partial charge in [0.2, 0.25) is 5.89 Å². The number of halogens is 2. The summed E-state index contributed by atoms with van der Waals surface area (Å²) in [5.74, 6) is 0.672. The van der Waals surface area contributed by atoms with E-state index in [2.05, 4.69) is 4.98 Å². The number of hydrogen-bond acceptors (Lipinski definition) is 5. The molecule has 1 atom stereocenters. The molecular formula is C25H18ClFN2O2S. The van der Waals surface area contributed by atoms with Gasteiger partial charge >= 0.3 is 0 Å². The summed E-state index contributed by atoms with van der Waals surface area (Å²) in [7, 11) is 0. The number of oxazole rings is 1. The van der Waals surface area contributed by atoms with E-state index >= 15 is 0 Å². The summed E-state index contributed by atoms with van der Waals surface area (Å²) in [4.78, 5) is 19.4. The van der Waals surface area contributed by atoms with E-state index in [4.69, 9.17) is 16.0 Å². The van der Waals surface area contributed by atoms with Gasteiger partial charge in [-0.1, -0.05) is 48.0 Å². The number of carbonyl (C=O) groups is 1. The Balaban J connectivity index is 1.53. The third-order valence-electron chi connectivity index (χ3n) is 5.45. The van der Waals surface area contributed by atoms with E-state index in [1.165, 1.54) is 6.07 Å². The van der Waals surface area contributed by atoms with E-state index < -0.39 is 11.9 Å². The number of carbonyl (C=O) groups excluding carboxylic acids is 1. The average molecular weight is 465 g/mol. The number of hydrogen-bond donors (Lipinski definition) is 0. The maximum atomic E-state index is 14.5. The molecule has 32 heavy (non-hydrogen) atoms. The molecule has 1 aliphatic heterocycles. The molecule has 1 unspecified atom stereocenters. The molecule has 1 aliphatic rings. The fourth-order valence-electron chi connectivity index (χ4n) is 3.76. The lowest BCUT2D eigenvalue weighted by Crippen LogP contribution is -2.40. The van der Waals surface area contributed by atoms with Crippen molar-refractivity contribution < 1.29 is 13.6 Å². The number of fused-ring (bicyclic) bond motifs is 1. The van der Waals surface area contributed by atoms with Gasteiger partial charge in [0.25, 0.3) is 0 Å². The fourth-order valence-corrected chi connectivity index (χ4v) is 5.08. The van der Waals surface area contributed by atoms with Crippen LogP contribution in [0.5, 0.6) is 0 Å². The Kier molecular flexibility index (Phi) is 5.72. The van der Waals surface area contributed by atoms with Gasteiger partial charge in [-0.25, -0.2) is 9.37 Å². The maximum absolute atomic E-state index is 14.5. The summed E-state index contributed by atoms with van der Waals surface area (Å²) in [6.45, 7) is 0.187. The van der Waals surface area contributed by atoms with Crippen molar-refractivity contribution in [2.24, 2.45) is 0 Å². The highest BCUT2D eigenvalue weighted by molar-refractivity contribution is 7.99. The van der Waals surface area contributed by atoms with Crippen molar-refractivity contribution in [3.8, 4) is 22.7 Å². The predicted octanol–water partition coefficient (Wildman–Crippen LogP) is 6.48. The molecule has 1 aromatic heterocycles. The van der Waals surface area contributed by atoms with Gasteiger partial charge in [-0.05, 0) is 30.3 Å². The highest BCUT2D eigenvalue weighted by Crippen LogP contribution is 2.41. The molecule has 0 fully saturated rings. The first kappa shape index (κ1) is 20.8. The van der Waals surface area contributed by atoms with Crippen LogP contribution in [0.1, 0.15) is 5.56 Å². The molecule has 7 heteroatoms. The van der Waals surface area contributed by atoms with Crippen molar-refractivity contribution in [1.29, 1.82) is 0 Å². The SMILES string of the molecule is O=CC1CSc2ccc(-c3nc(-c4ccccc4)co3)cc2N1Cc1c(F)cccc1Cl. The number of aldehydes is 1. The first-order chi connectivity index (χ1) is 15.6. The van der Waals surface area contributed by atoms with E-state index in [9.17, 15) is 9.18 Å². The molecule has 5 rings (SSSR count). The molecule has 0 saturated carbocycles. The Morgan fingerprint density at radius 1 is 1.12 bits per heavy atom. The van der Waals surface area contributed by atoms with Crippen molar-refractivity contribution in [2.45, 2.75) is 17.5 Å². The van der Waals surface area contributed by atoms with Gasteiger partial charge in [0.05, 0.1) is 11.7 Å². The van der Waals surface area contributed by atoms with Crippen LogP contribution >= 0.6 is 23.4 Å². The molecule has 160 valence electrons. The predicted molar refractivity (Wildman–Crippen MR) is 126 cm³/mol. The van der Waals surface area contributed by atoms with Crippen LogP contribution in [0.4, 0.5) is 10.1 Å². The van der Waals surface area contributed by atoms with Crippen molar-refractivity contribution >= 4 is 35.3 Å². The van der Waals surface area contributed by atoms with Crippen molar-refractivity contribution in [1.82, 2.24) is 4.98 Å². The molecule has 2 heterocycles. The topological polar surface area (TPSA) is 46.3 Å². The lowest BCUT2D eigenvalue weighted by molar-refractivity contribution is -0.108. The van der Waals surface area contributed by atoms with Crippen LogP contribution in [-0.4, -0.2) is 23.1 Å². The second kappa shape index (κ2) is 8.81. The Morgan fingerprint density at radius 3 is 2.75 bits per heavy atom. The van der Waals surface area contributed by atoms with Gasteiger partial charge in [-0.3, -0.25) is 0 Å². The molecular weight excluding hydrogens is 447 g/mol. The zero-order chi connectivity index (χ0) is 22.1. The standard InChI is InChI=1S/C25H18ClFN2O2S/c26-20-7-4-8-21(27)19(20)12-29-18(13-30)15-32-24-10-9-17(11-23(24)29)25-28-22(14-31-25)16-5-2-1-3-6-16/h1-11,13-14,18H,12,15H2. The largest absolute Gasteiger partial charge is 0.444 e. The molecule has 0 N–H and O–H groups in total. The van der Waals surface area contributed by atoms with Crippen LogP contribution in [-0.2, 0) is 11.3 Å². The minimum Gasteiger partial charge on any atom is -0.444 e. The monoisotopic (exact) mass is 464 g/mol. The Bertz CT molecular complexity index is 1260. The third-order valence-corrected chi connectivity index (χ3v) is 6.96. The zero-order valence-electron chi connectivity index (χ0n) is 16.9. The van der Waals surface area contributed by atoms with E-state index in [1.54, 1.807) is 30.2 Å². The molecule has 0 bridgehead atoms. The number of nitrogens with zero attached hydrogens (tertiary/aromatic N) is 2. The minimum absolute atomic E-state index is 0.187. The van der Waals surface area contributed by atoms with Gasteiger partial charge in [0.15, 0.2) is 0 Å². The van der Waals surface area contributed by atoms with E-state index in [0.29, 0.717) is 22.2 Å². The third kappa shape index (κ3) is 3.92. The number of aromatic nitrogens is 1. The first-order valence-electron chi connectivity index (χ1n) is 10.1. The average Bonchev–Trinajstić information content (AvgIpc) is 3.32. The maximum Gasteiger partial charge on any atom is 0.226 e. The second-order valence-corrected chi connectivity index (χ2v) is 8.90. The molecule has 4 nitrogen and oxygen atoms in total. The fraction of sp³-hybridized carbons (Fsp3) is 0.120. The lowest BCUT2D eigenvalue weighted by Gasteiger charge is -2.36. The van der Waals surface area contributed by atoms with E-state index in [-0.39, 0.29) is 6.54 Å². The van der Waals surface area contributed by atoms with Gasteiger partial charge < -0.3 is 14.1 Å².